The zero-order valence-electron chi connectivity index (χ0n) is 23.3. The van der Waals surface area contributed by atoms with Gasteiger partial charge in [-0.25, -0.2) is 25.3 Å². The summed E-state index contributed by atoms with van der Waals surface area (Å²) in [5.41, 5.74) is 0.135. The molecule has 21 heteroatoms. The molecular weight excluding hydrogens is 657 g/mol. The van der Waals surface area contributed by atoms with Crippen molar-refractivity contribution in [2.75, 3.05) is 52.4 Å². The molecule has 2 fully saturated rings. The Morgan fingerprint density at radius 1 is 0.600 bits per heavy atom. The van der Waals surface area contributed by atoms with Crippen LogP contribution >= 0.6 is 0 Å². The van der Waals surface area contributed by atoms with E-state index in [1.165, 1.54) is 48.5 Å². The molecule has 4 heterocycles. The number of hydrogen-bond donors (Lipinski definition) is 2. The Morgan fingerprint density at radius 2 is 0.933 bits per heavy atom. The SMILES string of the molecule is O=S(=O)(c1ccc(-[n+]2noc([O-])c2S(=O)(=O)N2CCNCC2)cc1)c1ccc(-[n+]2noc([O-])c2S(=O)(=O)N2CCNCC2)cc1. The van der Waals surface area contributed by atoms with E-state index in [2.05, 4.69) is 30.2 Å². The monoisotopic (exact) mass is 682 g/mol. The highest BCUT2D eigenvalue weighted by atomic mass is 32.2. The molecular formula is C24H26N8O10S3. The third-order valence-corrected chi connectivity index (χ3v) is 12.8. The van der Waals surface area contributed by atoms with Crippen molar-refractivity contribution in [1.82, 2.24) is 29.8 Å². The zero-order chi connectivity index (χ0) is 32.0. The maximum atomic E-state index is 13.4. The second kappa shape index (κ2) is 11.7. The van der Waals surface area contributed by atoms with Crippen LogP contribution in [-0.4, -0.2) is 96.8 Å². The maximum Gasteiger partial charge on any atom is 0.368 e. The molecule has 0 bridgehead atoms. The Morgan fingerprint density at radius 3 is 1.27 bits per heavy atom. The number of sulfone groups is 1. The molecule has 2 aromatic heterocycles. The smallest absolute Gasteiger partial charge is 0.368 e. The lowest BCUT2D eigenvalue weighted by Crippen LogP contribution is -2.50. The second-order valence-electron chi connectivity index (χ2n) is 9.95. The summed E-state index contributed by atoms with van der Waals surface area (Å²) in [6.45, 7) is 2.18. The molecule has 0 spiro atoms. The van der Waals surface area contributed by atoms with E-state index in [-0.39, 0.29) is 47.3 Å². The first kappa shape index (κ1) is 31.0. The van der Waals surface area contributed by atoms with Crippen LogP contribution in [0.15, 0.2) is 77.4 Å². The minimum Gasteiger partial charge on any atom is -0.538 e. The first-order chi connectivity index (χ1) is 21.4. The van der Waals surface area contributed by atoms with Crippen molar-refractivity contribution in [2.45, 2.75) is 19.8 Å². The average molecular weight is 683 g/mol. The Balaban J connectivity index is 1.27. The predicted octanol–water partition coefficient (Wildman–Crippen LogP) is -3.62. The normalized spacial score (nSPS) is 17.4. The molecule has 0 amide bonds. The quantitative estimate of drug-likeness (QED) is 0.171. The van der Waals surface area contributed by atoms with Gasteiger partial charge in [0.15, 0.2) is 11.9 Å². The minimum absolute atomic E-state index is 0.0675. The highest BCUT2D eigenvalue weighted by Crippen LogP contribution is 2.26. The van der Waals surface area contributed by atoms with E-state index in [1.54, 1.807) is 0 Å². The number of benzene rings is 2. The molecule has 4 aromatic rings. The van der Waals surface area contributed by atoms with E-state index in [0.29, 0.717) is 26.2 Å². The van der Waals surface area contributed by atoms with Crippen LogP contribution in [0.25, 0.3) is 11.4 Å². The third kappa shape index (κ3) is 5.55. The summed E-state index contributed by atoms with van der Waals surface area (Å²) in [4.78, 5) is -0.343. The van der Waals surface area contributed by atoms with Crippen molar-refractivity contribution in [3.63, 3.8) is 0 Å². The van der Waals surface area contributed by atoms with Crippen LogP contribution < -0.4 is 30.2 Å². The molecule has 2 aliphatic heterocycles. The Hall–Kier alpha value is -3.99. The molecule has 2 aliphatic rings. The molecule has 18 nitrogen and oxygen atoms in total. The zero-order valence-corrected chi connectivity index (χ0v) is 25.7. The first-order valence-corrected chi connectivity index (χ1v) is 17.8. The van der Waals surface area contributed by atoms with E-state index in [9.17, 15) is 35.5 Å². The third-order valence-electron chi connectivity index (χ3n) is 7.25. The van der Waals surface area contributed by atoms with Crippen LogP contribution in [-0.2, 0) is 29.9 Å². The van der Waals surface area contributed by atoms with Crippen LogP contribution in [0.3, 0.4) is 0 Å². The number of rotatable bonds is 8. The fourth-order valence-electron chi connectivity index (χ4n) is 4.92. The standard InChI is InChI=1S/C24H26N8O10S3/c33-23-21(44(37,38)29-13-9-25-10-14-29)31(27-41-23)17-1-5-19(6-2-17)43(35,36)20-7-3-18(4-8-20)32-22(24(34)42-28-32)45(39,40)30-15-11-26-12-16-30/h1-8,25-26H,9-16H2. The van der Waals surface area contributed by atoms with Crippen LogP contribution in [0.4, 0.5) is 0 Å². The molecule has 0 saturated carbocycles. The fourth-order valence-corrected chi connectivity index (χ4v) is 9.21. The molecule has 0 radical (unpaired) electrons. The van der Waals surface area contributed by atoms with Crippen molar-refractivity contribution < 1.29 is 53.9 Å². The summed E-state index contributed by atoms with van der Waals surface area (Å²) in [5, 5.41) is 36.5. The summed E-state index contributed by atoms with van der Waals surface area (Å²) in [7, 11) is -12.7. The van der Waals surface area contributed by atoms with Crippen molar-refractivity contribution in [1.29, 1.82) is 0 Å². The number of sulfonamides is 2. The number of aromatic nitrogens is 4. The summed E-state index contributed by atoms with van der Waals surface area (Å²) in [6.07, 6.45) is 0. The van der Waals surface area contributed by atoms with Crippen molar-refractivity contribution >= 4 is 29.9 Å². The van der Waals surface area contributed by atoms with E-state index in [0.717, 1.165) is 18.0 Å². The maximum absolute atomic E-state index is 13.4. The molecule has 2 aromatic carbocycles. The molecule has 0 unspecified atom stereocenters. The highest BCUT2D eigenvalue weighted by Gasteiger charge is 2.40. The van der Waals surface area contributed by atoms with Crippen LogP contribution in [0, 0.1) is 0 Å². The lowest BCUT2D eigenvalue weighted by Gasteiger charge is -2.24. The fraction of sp³-hybridized carbons (Fsp3) is 0.333. The summed E-state index contributed by atoms with van der Waals surface area (Å²) >= 11 is 0. The van der Waals surface area contributed by atoms with E-state index in [4.69, 9.17) is 0 Å². The Kier molecular flexibility index (Phi) is 8.09. The van der Waals surface area contributed by atoms with Gasteiger partial charge in [0, 0.05) is 76.6 Å². The van der Waals surface area contributed by atoms with Gasteiger partial charge in [-0.3, -0.25) is 0 Å². The van der Waals surface area contributed by atoms with Crippen LogP contribution in [0.1, 0.15) is 0 Å². The number of nitrogens with one attached hydrogen (secondary N) is 2. The number of piperazine rings is 2. The molecule has 0 atom stereocenters. The molecule has 6 rings (SSSR count). The number of hydrogen-bond acceptors (Lipinski definition) is 14. The van der Waals surface area contributed by atoms with Gasteiger partial charge in [0.25, 0.3) is 0 Å². The van der Waals surface area contributed by atoms with E-state index >= 15 is 0 Å². The van der Waals surface area contributed by atoms with E-state index < -0.39 is 51.8 Å². The van der Waals surface area contributed by atoms with Gasteiger partial charge in [0.2, 0.25) is 21.2 Å². The van der Waals surface area contributed by atoms with Crippen LogP contribution in [0.5, 0.6) is 11.9 Å². The summed E-state index contributed by atoms with van der Waals surface area (Å²) in [6, 6.07) is 9.92. The van der Waals surface area contributed by atoms with Gasteiger partial charge in [0.1, 0.15) is 0 Å². The highest BCUT2D eigenvalue weighted by molar-refractivity contribution is 7.91. The van der Waals surface area contributed by atoms with Gasteiger partial charge in [0.05, 0.1) is 20.3 Å². The van der Waals surface area contributed by atoms with E-state index in [1.807, 2.05) is 0 Å². The topological polar surface area (TPSA) is 239 Å². The van der Waals surface area contributed by atoms with Gasteiger partial charge < -0.3 is 29.9 Å². The van der Waals surface area contributed by atoms with Gasteiger partial charge >= 0.3 is 30.1 Å². The molecule has 0 aliphatic carbocycles. The predicted molar refractivity (Wildman–Crippen MR) is 144 cm³/mol. The summed E-state index contributed by atoms with van der Waals surface area (Å²) < 4.78 is 92.7. The number of nitrogens with zero attached hydrogens (tertiary/aromatic N) is 6. The van der Waals surface area contributed by atoms with Gasteiger partial charge in [-0.15, -0.1) is 0 Å². The molecule has 240 valence electrons. The largest absolute Gasteiger partial charge is 0.538 e. The second-order valence-corrected chi connectivity index (χ2v) is 15.6. The first-order valence-electron chi connectivity index (χ1n) is 13.5. The Labute approximate surface area is 257 Å². The van der Waals surface area contributed by atoms with Gasteiger partial charge in [-0.2, -0.15) is 8.61 Å². The lowest BCUT2D eigenvalue weighted by atomic mass is 10.3. The average Bonchev–Trinajstić information content (AvgIpc) is 3.65. The molecule has 45 heavy (non-hydrogen) atoms. The van der Waals surface area contributed by atoms with Crippen molar-refractivity contribution in [3.8, 4) is 23.3 Å². The lowest BCUT2D eigenvalue weighted by molar-refractivity contribution is -0.706. The minimum atomic E-state index is -4.26. The van der Waals surface area contributed by atoms with Gasteiger partial charge in [-0.05, 0) is 33.6 Å². The van der Waals surface area contributed by atoms with Crippen molar-refractivity contribution in [3.05, 3.63) is 48.5 Å². The van der Waals surface area contributed by atoms with Crippen LogP contribution in [0.2, 0.25) is 0 Å². The molecule has 2 saturated heterocycles. The Bertz CT molecular complexity index is 1890. The van der Waals surface area contributed by atoms with Crippen molar-refractivity contribution in [2.24, 2.45) is 0 Å². The van der Waals surface area contributed by atoms with Gasteiger partial charge in [-0.1, -0.05) is 0 Å². The summed E-state index contributed by atoms with van der Waals surface area (Å²) in [5.74, 6) is -2.33. The molecule has 2 N–H and O–H groups in total.